The van der Waals surface area contributed by atoms with E-state index in [1.807, 2.05) is 12.1 Å². The Balaban J connectivity index is 1.42. The van der Waals surface area contributed by atoms with Crippen molar-refractivity contribution in [2.45, 2.75) is 51.1 Å². The van der Waals surface area contributed by atoms with Crippen LogP contribution in [0.15, 0.2) is 48.7 Å². The number of aryl methyl sites for hydroxylation is 1. The van der Waals surface area contributed by atoms with Crippen LogP contribution in [0.2, 0.25) is 0 Å². The van der Waals surface area contributed by atoms with Crippen molar-refractivity contribution in [1.82, 2.24) is 15.2 Å². The Labute approximate surface area is 173 Å². The van der Waals surface area contributed by atoms with E-state index in [4.69, 9.17) is 0 Å². The molecule has 3 aromatic rings. The van der Waals surface area contributed by atoms with Crippen LogP contribution >= 0.6 is 0 Å². The van der Waals surface area contributed by atoms with E-state index in [0.717, 1.165) is 32.4 Å². The molecule has 0 aliphatic carbocycles. The molecule has 2 unspecified atom stereocenters. The van der Waals surface area contributed by atoms with E-state index in [9.17, 15) is 5.11 Å². The molecule has 2 atom stereocenters. The van der Waals surface area contributed by atoms with E-state index in [-0.39, 0.29) is 0 Å². The Hall–Kier alpha value is -2.30. The highest BCUT2D eigenvalue weighted by Gasteiger charge is 2.29. The number of likely N-dealkylation sites (tertiary alicyclic amines) is 1. The summed E-state index contributed by atoms with van der Waals surface area (Å²) >= 11 is 0. The fraction of sp³-hybridized carbons (Fsp3) is 0.440. The predicted molar refractivity (Wildman–Crippen MR) is 121 cm³/mol. The zero-order valence-electron chi connectivity index (χ0n) is 17.6. The molecule has 0 saturated carbocycles. The summed E-state index contributed by atoms with van der Waals surface area (Å²) < 4.78 is 0. The number of fused-ring (bicyclic) bond motifs is 1. The molecule has 0 spiro atoms. The highest BCUT2D eigenvalue weighted by molar-refractivity contribution is 5.83. The molecule has 0 radical (unpaired) electrons. The fourth-order valence-electron chi connectivity index (χ4n) is 4.86. The third-order valence-electron chi connectivity index (χ3n) is 6.53. The number of nitrogens with zero attached hydrogens (tertiary/aromatic N) is 1. The molecular weight excluding hydrogens is 358 g/mol. The molecule has 4 nitrogen and oxygen atoms in total. The van der Waals surface area contributed by atoms with Crippen molar-refractivity contribution in [2.75, 3.05) is 20.1 Å². The first-order valence-corrected chi connectivity index (χ1v) is 10.9. The van der Waals surface area contributed by atoms with E-state index >= 15 is 0 Å². The van der Waals surface area contributed by atoms with Gasteiger partial charge in [0.15, 0.2) is 0 Å². The van der Waals surface area contributed by atoms with Gasteiger partial charge in [-0.1, -0.05) is 31.2 Å². The van der Waals surface area contributed by atoms with Crippen LogP contribution in [-0.2, 0) is 19.3 Å². The van der Waals surface area contributed by atoms with Gasteiger partial charge in [-0.25, -0.2) is 0 Å². The maximum absolute atomic E-state index is 9.84. The SMILES string of the molecule is CCc1cc(O)ccc1CC1C(NCCc2c[nH]c3ccccc23)CCCN1C. The Kier molecular flexibility index (Phi) is 6.22. The number of H-pyrrole nitrogens is 1. The Morgan fingerprint density at radius 3 is 2.86 bits per heavy atom. The van der Waals surface area contributed by atoms with Crippen LogP contribution in [0, 0.1) is 0 Å². The average Bonchev–Trinajstić information content (AvgIpc) is 3.14. The van der Waals surface area contributed by atoms with Gasteiger partial charge in [0.2, 0.25) is 0 Å². The van der Waals surface area contributed by atoms with Crippen molar-refractivity contribution in [3.8, 4) is 5.75 Å². The van der Waals surface area contributed by atoms with E-state index in [1.165, 1.54) is 40.4 Å². The summed E-state index contributed by atoms with van der Waals surface area (Å²) in [5.74, 6) is 0.371. The second-order valence-corrected chi connectivity index (χ2v) is 8.37. The predicted octanol–water partition coefficient (Wildman–Crippen LogP) is 4.27. The van der Waals surface area contributed by atoms with Crippen LogP contribution in [0.5, 0.6) is 5.75 Å². The fourth-order valence-corrected chi connectivity index (χ4v) is 4.86. The molecular formula is C25H33N3O. The van der Waals surface area contributed by atoms with Crippen molar-refractivity contribution in [3.05, 3.63) is 65.4 Å². The Bertz CT molecular complexity index is 948. The minimum Gasteiger partial charge on any atom is -0.508 e. The third-order valence-corrected chi connectivity index (χ3v) is 6.53. The summed E-state index contributed by atoms with van der Waals surface area (Å²) in [6.45, 7) is 4.32. The number of phenolic OH excluding ortho intramolecular Hbond substituents is 1. The number of para-hydroxylation sites is 1. The smallest absolute Gasteiger partial charge is 0.115 e. The Morgan fingerprint density at radius 1 is 1.14 bits per heavy atom. The number of aromatic amines is 1. The molecule has 0 amide bonds. The number of hydrogen-bond acceptors (Lipinski definition) is 3. The lowest BCUT2D eigenvalue weighted by Crippen LogP contribution is -2.53. The number of phenols is 1. The van der Waals surface area contributed by atoms with Crippen molar-refractivity contribution < 1.29 is 5.11 Å². The van der Waals surface area contributed by atoms with Crippen molar-refractivity contribution in [2.24, 2.45) is 0 Å². The molecule has 1 aromatic heterocycles. The van der Waals surface area contributed by atoms with Gasteiger partial charge in [-0.05, 0) is 87.1 Å². The summed E-state index contributed by atoms with van der Waals surface area (Å²) in [7, 11) is 2.25. The van der Waals surface area contributed by atoms with Gasteiger partial charge in [0, 0.05) is 29.2 Å². The molecule has 2 aromatic carbocycles. The van der Waals surface area contributed by atoms with Crippen LogP contribution in [0.1, 0.15) is 36.5 Å². The molecule has 29 heavy (non-hydrogen) atoms. The second kappa shape index (κ2) is 9.02. The molecule has 154 valence electrons. The average molecular weight is 392 g/mol. The van der Waals surface area contributed by atoms with Crippen molar-refractivity contribution in [1.29, 1.82) is 0 Å². The van der Waals surface area contributed by atoms with Crippen LogP contribution in [0.4, 0.5) is 0 Å². The van der Waals surface area contributed by atoms with Crippen molar-refractivity contribution in [3.63, 3.8) is 0 Å². The van der Waals surface area contributed by atoms with Gasteiger partial charge in [0.1, 0.15) is 5.75 Å². The van der Waals surface area contributed by atoms with Gasteiger partial charge < -0.3 is 20.3 Å². The van der Waals surface area contributed by atoms with Gasteiger partial charge >= 0.3 is 0 Å². The molecule has 1 aliphatic rings. The van der Waals surface area contributed by atoms with Crippen LogP contribution < -0.4 is 5.32 Å². The van der Waals surface area contributed by atoms with Crippen LogP contribution in [0.25, 0.3) is 10.9 Å². The maximum Gasteiger partial charge on any atom is 0.115 e. The number of aromatic hydroxyl groups is 1. The van der Waals surface area contributed by atoms with Crippen LogP contribution in [-0.4, -0.2) is 47.2 Å². The molecule has 3 N–H and O–H groups in total. The zero-order chi connectivity index (χ0) is 20.2. The normalized spacial score (nSPS) is 20.3. The molecule has 0 bridgehead atoms. The summed E-state index contributed by atoms with van der Waals surface area (Å²) in [6.07, 6.45) is 7.65. The first kappa shape index (κ1) is 20.0. The van der Waals surface area contributed by atoms with Gasteiger partial charge in [0.05, 0.1) is 0 Å². The molecule has 4 rings (SSSR count). The quantitative estimate of drug-likeness (QED) is 0.564. The van der Waals surface area contributed by atoms with Gasteiger partial charge in [0.25, 0.3) is 0 Å². The lowest BCUT2D eigenvalue weighted by molar-refractivity contribution is 0.141. The molecule has 4 heteroatoms. The lowest BCUT2D eigenvalue weighted by Gasteiger charge is -2.40. The number of likely N-dealkylation sites (N-methyl/N-ethyl adjacent to an activating group) is 1. The zero-order valence-corrected chi connectivity index (χ0v) is 17.6. The summed E-state index contributed by atoms with van der Waals surface area (Å²) in [6, 6.07) is 15.4. The topological polar surface area (TPSA) is 51.3 Å². The summed E-state index contributed by atoms with van der Waals surface area (Å²) in [5.41, 5.74) is 5.24. The Morgan fingerprint density at radius 2 is 2.00 bits per heavy atom. The first-order valence-electron chi connectivity index (χ1n) is 10.9. The number of nitrogens with one attached hydrogen (secondary N) is 2. The maximum atomic E-state index is 9.84. The first-order chi connectivity index (χ1) is 14.2. The van der Waals surface area contributed by atoms with E-state index in [1.54, 1.807) is 0 Å². The number of benzene rings is 2. The van der Waals surface area contributed by atoms with Crippen molar-refractivity contribution >= 4 is 10.9 Å². The molecule has 1 aliphatic heterocycles. The monoisotopic (exact) mass is 391 g/mol. The summed E-state index contributed by atoms with van der Waals surface area (Å²) in [5, 5.41) is 15.0. The van der Waals surface area contributed by atoms with E-state index in [2.05, 4.69) is 65.7 Å². The van der Waals surface area contributed by atoms with Gasteiger partial charge in [-0.3, -0.25) is 0 Å². The number of aromatic nitrogens is 1. The van der Waals surface area contributed by atoms with Gasteiger partial charge in [-0.2, -0.15) is 0 Å². The highest BCUT2D eigenvalue weighted by atomic mass is 16.3. The molecule has 2 heterocycles. The highest BCUT2D eigenvalue weighted by Crippen LogP contribution is 2.25. The number of piperidine rings is 1. The van der Waals surface area contributed by atoms with E-state index < -0.39 is 0 Å². The van der Waals surface area contributed by atoms with E-state index in [0.29, 0.717) is 17.8 Å². The third kappa shape index (κ3) is 4.49. The minimum atomic E-state index is 0.371. The number of hydrogen-bond donors (Lipinski definition) is 3. The second-order valence-electron chi connectivity index (χ2n) is 8.37. The molecule has 1 saturated heterocycles. The number of rotatable bonds is 7. The van der Waals surface area contributed by atoms with Crippen LogP contribution in [0.3, 0.4) is 0 Å². The molecule has 1 fully saturated rings. The largest absolute Gasteiger partial charge is 0.508 e. The summed E-state index contributed by atoms with van der Waals surface area (Å²) in [4.78, 5) is 5.90. The minimum absolute atomic E-state index is 0.371. The van der Waals surface area contributed by atoms with Gasteiger partial charge in [-0.15, -0.1) is 0 Å². The lowest BCUT2D eigenvalue weighted by atomic mass is 9.89. The standard InChI is InChI=1S/C25H33N3O/c1-3-18-15-21(29)11-10-19(18)16-25-24(9-6-14-28(25)2)26-13-12-20-17-27-23-8-5-4-7-22(20)23/h4-5,7-8,10-11,15,17,24-27,29H,3,6,9,12-14,16H2,1-2H3.